The molecule has 0 saturated carbocycles. The SMILES string of the molecule is Clc1ccc(N2CCN(CCCC3OCCO3)CC2)cc1N1C=CCNC1. The normalized spacial score (nSPS) is 22.0. The van der Waals surface area contributed by atoms with Gasteiger partial charge in [0.05, 0.1) is 30.6 Å². The number of ether oxygens (including phenoxy) is 2. The standard InChI is InChI=1S/C20H29ClN4O2/c21-18-5-4-17(15-19(18)25-8-2-6-22-16-25)24-11-9-23(10-12-24)7-1-3-20-26-13-14-27-20/h2,4-5,8,15,20,22H,1,3,6-7,9-14,16H2. The van der Waals surface area contributed by atoms with Crippen LogP contribution in [0.1, 0.15) is 12.8 Å². The molecule has 0 amide bonds. The van der Waals surface area contributed by atoms with E-state index in [0.29, 0.717) is 0 Å². The minimum absolute atomic E-state index is 0.0251. The molecule has 3 heterocycles. The fourth-order valence-electron chi connectivity index (χ4n) is 3.87. The number of hydrogen-bond acceptors (Lipinski definition) is 6. The van der Waals surface area contributed by atoms with Crippen molar-refractivity contribution in [3.63, 3.8) is 0 Å². The first-order valence-corrected chi connectivity index (χ1v) is 10.3. The summed E-state index contributed by atoms with van der Waals surface area (Å²) in [6.07, 6.45) is 6.38. The van der Waals surface area contributed by atoms with Crippen LogP contribution in [0.5, 0.6) is 0 Å². The third-order valence-electron chi connectivity index (χ3n) is 5.41. The summed E-state index contributed by atoms with van der Waals surface area (Å²) in [5.41, 5.74) is 2.32. The molecule has 2 saturated heterocycles. The van der Waals surface area contributed by atoms with E-state index in [1.54, 1.807) is 0 Å². The van der Waals surface area contributed by atoms with Crippen molar-refractivity contribution in [3.05, 3.63) is 35.5 Å². The van der Waals surface area contributed by atoms with Crippen LogP contribution >= 0.6 is 11.6 Å². The summed E-state index contributed by atoms with van der Waals surface area (Å²) in [6.45, 7) is 8.59. The molecule has 6 nitrogen and oxygen atoms in total. The van der Waals surface area contributed by atoms with Gasteiger partial charge in [-0.2, -0.15) is 0 Å². The van der Waals surface area contributed by atoms with E-state index in [0.717, 1.165) is 82.7 Å². The first-order chi connectivity index (χ1) is 13.3. The van der Waals surface area contributed by atoms with Gasteiger partial charge in [0.1, 0.15) is 0 Å². The number of halogens is 1. The van der Waals surface area contributed by atoms with Crippen molar-refractivity contribution in [2.24, 2.45) is 0 Å². The molecule has 0 aliphatic carbocycles. The predicted molar refractivity (Wildman–Crippen MR) is 110 cm³/mol. The predicted octanol–water partition coefficient (Wildman–Crippen LogP) is 2.50. The molecule has 0 spiro atoms. The highest BCUT2D eigenvalue weighted by atomic mass is 35.5. The second-order valence-corrected chi connectivity index (χ2v) is 7.65. The number of rotatable bonds is 6. The second-order valence-electron chi connectivity index (χ2n) is 7.24. The van der Waals surface area contributed by atoms with Crippen molar-refractivity contribution in [2.45, 2.75) is 19.1 Å². The second kappa shape index (κ2) is 9.26. The zero-order valence-electron chi connectivity index (χ0n) is 15.8. The number of anilines is 2. The van der Waals surface area contributed by atoms with Crippen LogP contribution in [0.25, 0.3) is 0 Å². The van der Waals surface area contributed by atoms with Gasteiger partial charge in [-0.05, 0) is 37.6 Å². The molecule has 1 aromatic rings. The molecular formula is C20H29ClN4O2. The van der Waals surface area contributed by atoms with Gasteiger partial charge in [-0.1, -0.05) is 17.7 Å². The van der Waals surface area contributed by atoms with E-state index in [9.17, 15) is 0 Å². The monoisotopic (exact) mass is 392 g/mol. The summed E-state index contributed by atoms with van der Waals surface area (Å²) in [5.74, 6) is 0. The topological polar surface area (TPSA) is 40.2 Å². The van der Waals surface area contributed by atoms with Crippen LogP contribution in [0.4, 0.5) is 11.4 Å². The Morgan fingerprint density at radius 1 is 1.11 bits per heavy atom. The highest BCUT2D eigenvalue weighted by molar-refractivity contribution is 6.33. The van der Waals surface area contributed by atoms with E-state index in [1.807, 2.05) is 6.07 Å². The summed E-state index contributed by atoms with van der Waals surface area (Å²) >= 11 is 6.45. The first kappa shape index (κ1) is 19.0. The third-order valence-corrected chi connectivity index (χ3v) is 5.73. The molecule has 1 aromatic carbocycles. The van der Waals surface area contributed by atoms with Crippen LogP contribution in [0.2, 0.25) is 5.02 Å². The van der Waals surface area contributed by atoms with E-state index in [1.165, 1.54) is 5.69 Å². The lowest BCUT2D eigenvalue weighted by atomic mass is 10.2. The average molecular weight is 393 g/mol. The zero-order chi connectivity index (χ0) is 18.5. The molecule has 0 bridgehead atoms. The Kier molecular flexibility index (Phi) is 6.52. The van der Waals surface area contributed by atoms with Gasteiger partial charge in [-0.3, -0.25) is 10.2 Å². The van der Waals surface area contributed by atoms with Gasteiger partial charge in [-0.25, -0.2) is 0 Å². The molecule has 7 heteroatoms. The quantitative estimate of drug-likeness (QED) is 0.802. The summed E-state index contributed by atoms with van der Waals surface area (Å²) < 4.78 is 11.0. The van der Waals surface area contributed by atoms with E-state index in [4.69, 9.17) is 21.1 Å². The highest BCUT2D eigenvalue weighted by Gasteiger charge is 2.20. The largest absolute Gasteiger partial charge is 0.369 e. The fourth-order valence-corrected chi connectivity index (χ4v) is 4.10. The van der Waals surface area contributed by atoms with Crippen molar-refractivity contribution in [1.29, 1.82) is 0 Å². The van der Waals surface area contributed by atoms with Gasteiger partial charge < -0.3 is 19.3 Å². The molecule has 2 fully saturated rings. The van der Waals surface area contributed by atoms with E-state index < -0.39 is 0 Å². The molecule has 27 heavy (non-hydrogen) atoms. The summed E-state index contributed by atoms with van der Waals surface area (Å²) in [7, 11) is 0. The molecule has 1 N–H and O–H groups in total. The Morgan fingerprint density at radius 3 is 2.67 bits per heavy atom. The van der Waals surface area contributed by atoms with Gasteiger partial charge in [-0.15, -0.1) is 0 Å². The number of nitrogens with zero attached hydrogens (tertiary/aromatic N) is 3. The zero-order valence-corrected chi connectivity index (χ0v) is 16.5. The molecule has 3 aliphatic heterocycles. The minimum atomic E-state index is 0.0251. The number of benzene rings is 1. The molecule has 0 unspecified atom stereocenters. The molecule has 0 aromatic heterocycles. The Morgan fingerprint density at radius 2 is 1.93 bits per heavy atom. The van der Waals surface area contributed by atoms with Gasteiger partial charge >= 0.3 is 0 Å². The maximum absolute atomic E-state index is 6.45. The van der Waals surface area contributed by atoms with Crippen molar-refractivity contribution in [3.8, 4) is 0 Å². The maximum Gasteiger partial charge on any atom is 0.157 e. The minimum Gasteiger partial charge on any atom is -0.369 e. The molecular weight excluding hydrogens is 364 g/mol. The van der Waals surface area contributed by atoms with Crippen LogP contribution in [0.3, 0.4) is 0 Å². The lowest BCUT2D eigenvalue weighted by Crippen LogP contribution is -2.46. The number of hydrogen-bond donors (Lipinski definition) is 1. The van der Waals surface area contributed by atoms with Crippen molar-refractivity contribution in [1.82, 2.24) is 10.2 Å². The number of piperazine rings is 1. The Labute approximate surface area is 166 Å². The smallest absolute Gasteiger partial charge is 0.157 e. The molecule has 0 radical (unpaired) electrons. The highest BCUT2D eigenvalue weighted by Crippen LogP contribution is 2.31. The van der Waals surface area contributed by atoms with E-state index in [-0.39, 0.29) is 6.29 Å². The van der Waals surface area contributed by atoms with Crippen LogP contribution in [-0.4, -0.2) is 70.3 Å². The first-order valence-electron chi connectivity index (χ1n) is 9.94. The molecule has 3 aliphatic rings. The van der Waals surface area contributed by atoms with Crippen LogP contribution in [0, 0.1) is 0 Å². The van der Waals surface area contributed by atoms with Crippen LogP contribution < -0.4 is 15.1 Å². The maximum atomic E-state index is 6.45. The van der Waals surface area contributed by atoms with E-state index in [2.05, 4.69) is 44.4 Å². The van der Waals surface area contributed by atoms with Gasteiger partial charge in [0.25, 0.3) is 0 Å². The molecule has 0 atom stereocenters. The van der Waals surface area contributed by atoms with Crippen LogP contribution in [-0.2, 0) is 9.47 Å². The molecule has 4 rings (SSSR count). The van der Waals surface area contributed by atoms with Gasteiger partial charge in [0, 0.05) is 44.6 Å². The average Bonchev–Trinajstić information content (AvgIpc) is 3.23. The number of nitrogens with one attached hydrogen (secondary N) is 1. The summed E-state index contributed by atoms with van der Waals surface area (Å²) in [5, 5.41) is 4.14. The molecule has 148 valence electrons. The summed E-state index contributed by atoms with van der Waals surface area (Å²) in [4.78, 5) is 7.17. The van der Waals surface area contributed by atoms with Crippen LogP contribution in [0.15, 0.2) is 30.5 Å². The van der Waals surface area contributed by atoms with E-state index >= 15 is 0 Å². The van der Waals surface area contributed by atoms with Crippen molar-refractivity contribution >= 4 is 23.0 Å². The van der Waals surface area contributed by atoms with Gasteiger partial charge in [0.15, 0.2) is 6.29 Å². The lowest BCUT2D eigenvalue weighted by molar-refractivity contribution is -0.0488. The van der Waals surface area contributed by atoms with Gasteiger partial charge in [0.2, 0.25) is 0 Å². The summed E-state index contributed by atoms with van der Waals surface area (Å²) in [6, 6.07) is 6.37. The lowest BCUT2D eigenvalue weighted by Gasteiger charge is -2.37. The fraction of sp³-hybridized carbons (Fsp3) is 0.600. The Bertz CT molecular complexity index is 643. The third kappa shape index (κ3) is 4.95. The Balaban J connectivity index is 1.28. The van der Waals surface area contributed by atoms with Crippen molar-refractivity contribution in [2.75, 3.05) is 69.0 Å². The van der Waals surface area contributed by atoms with Crippen molar-refractivity contribution < 1.29 is 9.47 Å². The Hall–Kier alpha value is -1.31.